The van der Waals surface area contributed by atoms with Crippen LogP contribution in [0.3, 0.4) is 0 Å². The molecular formula is C19H26FN3O2. The van der Waals surface area contributed by atoms with E-state index in [9.17, 15) is 14.0 Å². The molecule has 0 aromatic heterocycles. The molecule has 2 amide bonds. The van der Waals surface area contributed by atoms with E-state index in [1.54, 1.807) is 19.1 Å². The molecule has 1 atom stereocenters. The van der Waals surface area contributed by atoms with Crippen LogP contribution in [-0.4, -0.2) is 65.8 Å². The van der Waals surface area contributed by atoms with Crippen molar-refractivity contribution in [3.05, 3.63) is 35.6 Å². The van der Waals surface area contributed by atoms with Crippen LogP contribution in [0.25, 0.3) is 0 Å². The van der Waals surface area contributed by atoms with Gasteiger partial charge in [0, 0.05) is 64.6 Å². The number of nitrogens with zero attached hydrogens (tertiary/aromatic N) is 3. The third-order valence-electron chi connectivity index (χ3n) is 5.32. The number of hydrogen-bond acceptors (Lipinski definition) is 3. The Bertz CT molecular complexity index is 649. The molecule has 0 N–H and O–H groups in total. The summed E-state index contributed by atoms with van der Waals surface area (Å²) in [5, 5.41) is 0. The minimum atomic E-state index is -0.237. The number of hydrogen-bond donors (Lipinski definition) is 0. The third kappa shape index (κ3) is 4.00. The Morgan fingerprint density at radius 2 is 1.88 bits per heavy atom. The molecule has 2 fully saturated rings. The fraction of sp³-hybridized carbons (Fsp3) is 0.579. The van der Waals surface area contributed by atoms with Gasteiger partial charge in [0.1, 0.15) is 5.82 Å². The van der Waals surface area contributed by atoms with Crippen LogP contribution in [0.4, 0.5) is 4.39 Å². The summed E-state index contributed by atoms with van der Waals surface area (Å²) in [4.78, 5) is 30.4. The van der Waals surface area contributed by atoms with Crippen LogP contribution in [0.1, 0.15) is 25.8 Å². The lowest BCUT2D eigenvalue weighted by Crippen LogP contribution is -2.43. The molecule has 2 aliphatic heterocycles. The zero-order valence-electron chi connectivity index (χ0n) is 15.0. The van der Waals surface area contributed by atoms with Crippen LogP contribution in [0.2, 0.25) is 0 Å². The van der Waals surface area contributed by atoms with E-state index in [1.807, 2.05) is 16.7 Å². The minimum absolute atomic E-state index is 0.0606. The molecule has 0 bridgehead atoms. The molecule has 2 saturated heterocycles. The molecule has 0 radical (unpaired) electrons. The zero-order valence-corrected chi connectivity index (χ0v) is 15.0. The van der Waals surface area contributed by atoms with Crippen molar-refractivity contribution in [2.45, 2.75) is 26.8 Å². The van der Waals surface area contributed by atoms with E-state index in [1.165, 1.54) is 12.1 Å². The second-order valence-electron chi connectivity index (χ2n) is 7.36. The van der Waals surface area contributed by atoms with Gasteiger partial charge in [0.2, 0.25) is 11.8 Å². The summed E-state index contributed by atoms with van der Waals surface area (Å²) in [6, 6.07) is 6.55. The van der Waals surface area contributed by atoms with Crippen LogP contribution < -0.4 is 0 Å². The van der Waals surface area contributed by atoms with Crippen molar-refractivity contribution in [2.75, 3.05) is 39.3 Å². The molecule has 3 rings (SSSR count). The first-order valence-electron chi connectivity index (χ1n) is 8.91. The van der Waals surface area contributed by atoms with Gasteiger partial charge in [-0.2, -0.15) is 0 Å². The second-order valence-corrected chi connectivity index (χ2v) is 7.36. The lowest BCUT2D eigenvalue weighted by atomic mass is 9.85. The van der Waals surface area contributed by atoms with Gasteiger partial charge in [-0.1, -0.05) is 12.1 Å². The first kappa shape index (κ1) is 17.9. The van der Waals surface area contributed by atoms with Crippen molar-refractivity contribution in [3.8, 4) is 0 Å². The lowest BCUT2D eigenvalue weighted by molar-refractivity contribution is -0.130. The van der Waals surface area contributed by atoms with E-state index in [2.05, 4.69) is 4.90 Å². The molecule has 1 aromatic rings. The normalized spacial score (nSPS) is 24.8. The molecule has 25 heavy (non-hydrogen) atoms. The summed E-state index contributed by atoms with van der Waals surface area (Å²) in [7, 11) is 0. The molecular weight excluding hydrogens is 321 g/mol. The fourth-order valence-corrected chi connectivity index (χ4v) is 4.08. The van der Waals surface area contributed by atoms with Gasteiger partial charge in [-0.25, -0.2) is 4.39 Å². The Hall–Kier alpha value is -1.95. The van der Waals surface area contributed by atoms with Gasteiger partial charge in [-0.15, -0.1) is 0 Å². The fourth-order valence-electron chi connectivity index (χ4n) is 4.08. The van der Waals surface area contributed by atoms with Crippen LogP contribution in [-0.2, 0) is 16.1 Å². The maximum atomic E-state index is 13.1. The largest absolute Gasteiger partial charge is 0.342 e. The first-order valence-corrected chi connectivity index (χ1v) is 8.91. The molecule has 0 aliphatic carbocycles. The van der Waals surface area contributed by atoms with Crippen LogP contribution >= 0.6 is 0 Å². The van der Waals surface area contributed by atoms with Crippen LogP contribution in [0.5, 0.6) is 0 Å². The number of carbonyl (C=O) groups excluding carboxylic acids is 2. The standard InChI is InChI=1S/C19H26FN3O2/c1-3-22-13-19(10-18(22)25)12-21(8-9-23(14-19)15(2)24)11-16-4-6-17(20)7-5-16/h4-7H,3,8-14H2,1-2H3. The summed E-state index contributed by atoms with van der Waals surface area (Å²) in [5.74, 6) is -0.00106. The Morgan fingerprint density at radius 3 is 2.48 bits per heavy atom. The molecule has 2 heterocycles. The maximum absolute atomic E-state index is 13.1. The Balaban J connectivity index is 1.80. The number of likely N-dealkylation sites (tertiary alicyclic amines) is 1. The molecule has 1 unspecified atom stereocenters. The lowest BCUT2D eigenvalue weighted by Gasteiger charge is -2.33. The van der Waals surface area contributed by atoms with Gasteiger partial charge < -0.3 is 9.80 Å². The van der Waals surface area contributed by atoms with Crippen molar-refractivity contribution in [3.63, 3.8) is 0 Å². The van der Waals surface area contributed by atoms with Crippen molar-refractivity contribution in [1.82, 2.24) is 14.7 Å². The molecule has 1 aromatic carbocycles. The minimum Gasteiger partial charge on any atom is -0.342 e. The smallest absolute Gasteiger partial charge is 0.223 e. The van der Waals surface area contributed by atoms with Gasteiger partial charge in [-0.05, 0) is 24.6 Å². The highest BCUT2D eigenvalue weighted by molar-refractivity contribution is 5.80. The Kier molecular flexibility index (Phi) is 5.08. The molecule has 6 heteroatoms. The SMILES string of the molecule is CCN1CC2(CC1=O)CN(Cc1ccc(F)cc1)CCN(C(C)=O)C2. The number of carbonyl (C=O) groups is 2. The first-order chi connectivity index (χ1) is 11.9. The van der Waals surface area contributed by atoms with Crippen molar-refractivity contribution < 1.29 is 14.0 Å². The van der Waals surface area contributed by atoms with E-state index >= 15 is 0 Å². The van der Waals surface area contributed by atoms with Gasteiger partial charge in [0.15, 0.2) is 0 Å². The Labute approximate surface area is 148 Å². The summed E-state index contributed by atoms with van der Waals surface area (Å²) < 4.78 is 13.1. The molecule has 0 saturated carbocycles. The second kappa shape index (κ2) is 7.12. The summed E-state index contributed by atoms with van der Waals surface area (Å²) in [6.45, 7) is 8.53. The van der Waals surface area contributed by atoms with E-state index in [4.69, 9.17) is 0 Å². The van der Waals surface area contributed by atoms with E-state index in [-0.39, 0.29) is 23.0 Å². The van der Waals surface area contributed by atoms with Crippen molar-refractivity contribution >= 4 is 11.8 Å². The summed E-state index contributed by atoms with van der Waals surface area (Å²) >= 11 is 0. The van der Waals surface area contributed by atoms with E-state index in [0.717, 1.165) is 18.7 Å². The molecule has 2 aliphatic rings. The van der Waals surface area contributed by atoms with E-state index < -0.39 is 0 Å². The molecule has 136 valence electrons. The van der Waals surface area contributed by atoms with Gasteiger partial charge in [0.25, 0.3) is 0 Å². The predicted octanol–water partition coefficient (Wildman–Crippen LogP) is 1.73. The maximum Gasteiger partial charge on any atom is 0.223 e. The highest BCUT2D eigenvalue weighted by atomic mass is 19.1. The highest BCUT2D eigenvalue weighted by Crippen LogP contribution is 2.35. The van der Waals surface area contributed by atoms with Crippen LogP contribution in [0.15, 0.2) is 24.3 Å². The number of rotatable bonds is 3. The zero-order chi connectivity index (χ0) is 18.0. The predicted molar refractivity (Wildman–Crippen MR) is 93.2 cm³/mol. The monoisotopic (exact) mass is 347 g/mol. The number of benzene rings is 1. The quantitative estimate of drug-likeness (QED) is 0.836. The van der Waals surface area contributed by atoms with Crippen molar-refractivity contribution in [1.29, 1.82) is 0 Å². The van der Waals surface area contributed by atoms with E-state index in [0.29, 0.717) is 39.1 Å². The van der Waals surface area contributed by atoms with Gasteiger partial charge >= 0.3 is 0 Å². The topological polar surface area (TPSA) is 43.9 Å². The van der Waals surface area contributed by atoms with Gasteiger partial charge in [-0.3, -0.25) is 14.5 Å². The van der Waals surface area contributed by atoms with Crippen LogP contribution in [0, 0.1) is 11.2 Å². The van der Waals surface area contributed by atoms with Crippen molar-refractivity contribution in [2.24, 2.45) is 5.41 Å². The third-order valence-corrected chi connectivity index (χ3v) is 5.32. The van der Waals surface area contributed by atoms with Gasteiger partial charge in [0.05, 0.1) is 0 Å². The highest BCUT2D eigenvalue weighted by Gasteiger charge is 2.46. The molecule has 5 nitrogen and oxygen atoms in total. The molecule has 1 spiro atoms. The summed E-state index contributed by atoms with van der Waals surface area (Å²) in [5.41, 5.74) is 0.833. The Morgan fingerprint density at radius 1 is 1.16 bits per heavy atom. The number of halogens is 1. The number of amides is 2. The average molecular weight is 347 g/mol. The average Bonchev–Trinajstić information content (AvgIpc) is 2.76. The summed E-state index contributed by atoms with van der Waals surface area (Å²) in [6.07, 6.45) is 0.491.